The van der Waals surface area contributed by atoms with Gasteiger partial charge < -0.3 is 10.2 Å². The normalized spacial score (nSPS) is 10.2. The molecule has 142 valence electrons. The molecule has 0 aliphatic heterocycles. The van der Waals surface area contributed by atoms with E-state index in [1.165, 1.54) is 5.56 Å². The van der Waals surface area contributed by atoms with E-state index in [0.29, 0.717) is 11.5 Å². The van der Waals surface area contributed by atoms with Crippen LogP contribution in [-0.4, -0.2) is 10.2 Å². The Morgan fingerprint density at radius 3 is 1.67 bits per heavy atom. The highest BCUT2D eigenvalue weighted by Crippen LogP contribution is 2.30. The summed E-state index contributed by atoms with van der Waals surface area (Å²) in [7, 11) is 0. The highest BCUT2D eigenvalue weighted by molar-refractivity contribution is 5.72. The minimum Gasteiger partial charge on any atom is -0.507 e. The van der Waals surface area contributed by atoms with Gasteiger partial charge >= 0.3 is 0 Å². The van der Waals surface area contributed by atoms with Gasteiger partial charge in [-0.05, 0) is 48.1 Å². The average Bonchev–Trinajstić information content (AvgIpc) is 2.67. The van der Waals surface area contributed by atoms with Gasteiger partial charge in [0, 0.05) is 5.56 Å². The van der Waals surface area contributed by atoms with Gasteiger partial charge in [-0.1, -0.05) is 87.4 Å². The van der Waals surface area contributed by atoms with E-state index in [-0.39, 0.29) is 0 Å². The van der Waals surface area contributed by atoms with Crippen molar-refractivity contribution in [2.24, 2.45) is 0 Å². The maximum absolute atomic E-state index is 9.85. The van der Waals surface area contributed by atoms with Crippen LogP contribution < -0.4 is 0 Å². The fraction of sp³-hybridized carbons (Fsp3) is 0.280. The van der Waals surface area contributed by atoms with E-state index in [0.717, 1.165) is 47.9 Å². The Bertz CT molecular complexity index is 785. The fourth-order valence-electron chi connectivity index (χ4n) is 3.16. The van der Waals surface area contributed by atoms with Crippen molar-refractivity contribution >= 4 is 0 Å². The van der Waals surface area contributed by atoms with Crippen LogP contribution >= 0.6 is 0 Å². The summed E-state index contributed by atoms with van der Waals surface area (Å²) in [4.78, 5) is 0. The Hall–Kier alpha value is -2.74. The minimum atomic E-state index is 0.335. The lowest BCUT2D eigenvalue weighted by Gasteiger charge is -2.07. The number of hydrogen-bond acceptors (Lipinski definition) is 2. The second-order valence-corrected chi connectivity index (χ2v) is 6.76. The molecule has 0 atom stereocenters. The highest BCUT2D eigenvalue weighted by atomic mass is 16.3. The molecule has 2 N–H and O–H groups in total. The number of benzene rings is 3. The largest absolute Gasteiger partial charge is 0.507 e. The molecule has 27 heavy (non-hydrogen) atoms. The van der Waals surface area contributed by atoms with Crippen LogP contribution in [0.15, 0.2) is 66.7 Å². The first-order valence-corrected chi connectivity index (χ1v) is 9.72. The summed E-state index contributed by atoms with van der Waals surface area (Å²) < 4.78 is 0. The Morgan fingerprint density at radius 2 is 1.15 bits per heavy atom. The van der Waals surface area contributed by atoms with Crippen LogP contribution in [0, 0.1) is 6.92 Å². The smallest absolute Gasteiger partial charge is 0.123 e. The molecule has 0 spiro atoms. The van der Waals surface area contributed by atoms with Gasteiger partial charge in [-0.25, -0.2) is 0 Å². The quantitative estimate of drug-likeness (QED) is 0.532. The molecule has 0 saturated heterocycles. The number of phenolic OH excluding ortho intramolecular Hbond substituents is 2. The van der Waals surface area contributed by atoms with E-state index >= 15 is 0 Å². The van der Waals surface area contributed by atoms with Crippen LogP contribution in [0.3, 0.4) is 0 Å². The topological polar surface area (TPSA) is 40.5 Å². The number of phenols is 2. The summed E-state index contributed by atoms with van der Waals surface area (Å²) in [6.45, 7) is 6.31. The molecule has 3 rings (SSSR count). The van der Waals surface area contributed by atoms with Crippen LogP contribution in [0.2, 0.25) is 0 Å². The maximum atomic E-state index is 9.85. The maximum Gasteiger partial charge on any atom is 0.123 e. The molecule has 0 aromatic heterocycles. The molecule has 0 aliphatic rings. The van der Waals surface area contributed by atoms with Gasteiger partial charge in [0.05, 0.1) is 0 Å². The summed E-state index contributed by atoms with van der Waals surface area (Å²) in [6, 6.07) is 21.5. The third-order valence-corrected chi connectivity index (χ3v) is 4.58. The zero-order valence-corrected chi connectivity index (χ0v) is 16.6. The van der Waals surface area contributed by atoms with Crippen molar-refractivity contribution in [1.29, 1.82) is 0 Å². The molecule has 3 aromatic rings. The number of para-hydroxylation sites is 2. The van der Waals surface area contributed by atoms with Crippen molar-refractivity contribution in [2.75, 3.05) is 0 Å². The molecule has 0 saturated carbocycles. The van der Waals surface area contributed by atoms with Gasteiger partial charge in [-0.2, -0.15) is 0 Å². The van der Waals surface area contributed by atoms with E-state index in [2.05, 4.69) is 13.8 Å². The molecule has 2 heteroatoms. The Balaban J connectivity index is 0.000000194. The standard InChI is InChI=1S/C13H12O.C12H18O/c1-10-6-2-3-7-11(10)12-8-4-5-9-13(12)14;1-3-6-10-8-5-9-11(7-4-2)12(10)13/h2-9,14H,1H3;5,8-9,13H,3-4,6-7H2,1-2H3. The van der Waals surface area contributed by atoms with Gasteiger partial charge in [-0.15, -0.1) is 0 Å². The number of hydrogen-bond donors (Lipinski definition) is 2. The van der Waals surface area contributed by atoms with Crippen molar-refractivity contribution in [3.63, 3.8) is 0 Å². The molecule has 3 aromatic carbocycles. The predicted molar refractivity (Wildman–Crippen MR) is 114 cm³/mol. The lowest BCUT2D eigenvalue weighted by Crippen LogP contribution is -1.90. The summed E-state index contributed by atoms with van der Waals surface area (Å²) in [5.41, 5.74) is 5.34. The average molecular weight is 363 g/mol. The van der Waals surface area contributed by atoms with Crippen LogP contribution in [0.4, 0.5) is 0 Å². The zero-order chi connectivity index (χ0) is 19.6. The highest BCUT2D eigenvalue weighted by Gasteiger charge is 2.05. The lowest BCUT2D eigenvalue weighted by atomic mass is 10.0. The van der Waals surface area contributed by atoms with Crippen molar-refractivity contribution in [2.45, 2.75) is 46.5 Å². The van der Waals surface area contributed by atoms with Crippen LogP contribution in [-0.2, 0) is 12.8 Å². The zero-order valence-electron chi connectivity index (χ0n) is 16.6. The summed E-state index contributed by atoms with van der Waals surface area (Å²) in [6.07, 6.45) is 4.12. The number of aryl methyl sites for hydroxylation is 3. The molecule has 0 bridgehead atoms. The molecule has 0 fully saturated rings. The fourth-order valence-corrected chi connectivity index (χ4v) is 3.16. The molecular weight excluding hydrogens is 332 g/mol. The van der Waals surface area contributed by atoms with E-state index in [9.17, 15) is 10.2 Å². The molecular formula is C25H30O2. The van der Waals surface area contributed by atoms with E-state index in [4.69, 9.17) is 0 Å². The predicted octanol–water partition coefficient (Wildman–Crippen LogP) is 6.66. The van der Waals surface area contributed by atoms with E-state index in [1.807, 2.05) is 67.6 Å². The molecule has 0 unspecified atom stereocenters. The van der Waals surface area contributed by atoms with Crippen molar-refractivity contribution in [3.05, 3.63) is 83.4 Å². The molecule has 0 aliphatic carbocycles. The van der Waals surface area contributed by atoms with Gasteiger partial charge in [-0.3, -0.25) is 0 Å². The molecule has 0 heterocycles. The first-order valence-electron chi connectivity index (χ1n) is 9.72. The van der Waals surface area contributed by atoms with Gasteiger partial charge in [0.2, 0.25) is 0 Å². The minimum absolute atomic E-state index is 0.335. The Kier molecular flexibility index (Phi) is 7.94. The summed E-state index contributed by atoms with van der Waals surface area (Å²) in [5.74, 6) is 0.855. The van der Waals surface area contributed by atoms with Crippen molar-refractivity contribution in [3.8, 4) is 22.6 Å². The van der Waals surface area contributed by atoms with Crippen LogP contribution in [0.25, 0.3) is 11.1 Å². The summed E-state index contributed by atoms with van der Waals surface area (Å²) >= 11 is 0. The third-order valence-electron chi connectivity index (χ3n) is 4.58. The second kappa shape index (κ2) is 10.4. The van der Waals surface area contributed by atoms with Gasteiger partial charge in [0.25, 0.3) is 0 Å². The molecule has 2 nitrogen and oxygen atoms in total. The van der Waals surface area contributed by atoms with Gasteiger partial charge in [0.1, 0.15) is 11.5 Å². The first-order chi connectivity index (χ1) is 13.1. The Labute approximate surface area is 163 Å². The SMILES string of the molecule is CCCc1cccc(CCC)c1O.Cc1ccccc1-c1ccccc1O. The van der Waals surface area contributed by atoms with Crippen LogP contribution in [0.1, 0.15) is 43.4 Å². The van der Waals surface area contributed by atoms with E-state index in [1.54, 1.807) is 6.07 Å². The van der Waals surface area contributed by atoms with Crippen LogP contribution in [0.5, 0.6) is 11.5 Å². The van der Waals surface area contributed by atoms with Crippen molar-refractivity contribution in [1.82, 2.24) is 0 Å². The number of aromatic hydroxyl groups is 2. The van der Waals surface area contributed by atoms with E-state index < -0.39 is 0 Å². The molecule has 0 amide bonds. The number of rotatable bonds is 5. The van der Waals surface area contributed by atoms with Gasteiger partial charge in [0.15, 0.2) is 0 Å². The first kappa shape index (κ1) is 20.6. The summed E-state index contributed by atoms with van der Waals surface area (Å²) in [5, 5.41) is 19.5. The third kappa shape index (κ3) is 5.62. The van der Waals surface area contributed by atoms with Crippen molar-refractivity contribution < 1.29 is 10.2 Å². The lowest BCUT2D eigenvalue weighted by molar-refractivity contribution is 0.460. The Morgan fingerprint density at radius 1 is 0.630 bits per heavy atom. The monoisotopic (exact) mass is 362 g/mol. The second-order valence-electron chi connectivity index (χ2n) is 6.76. The molecule has 0 radical (unpaired) electrons.